The first kappa shape index (κ1) is 20.2. The lowest BCUT2D eigenvalue weighted by Gasteiger charge is -2.19. The number of benzene rings is 2. The summed E-state index contributed by atoms with van der Waals surface area (Å²) in [6, 6.07) is 15.2. The number of rotatable bonds is 7. The van der Waals surface area contributed by atoms with Crippen molar-refractivity contribution in [1.82, 2.24) is 9.97 Å². The van der Waals surface area contributed by atoms with Crippen LogP contribution in [0.1, 0.15) is 19.8 Å². The molecule has 1 aliphatic heterocycles. The van der Waals surface area contributed by atoms with Crippen LogP contribution in [0.25, 0.3) is 10.9 Å². The number of carbonyl (C=O) groups is 2. The molecule has 2 heterocycles. The molecule has 0 saturated carbocycles. The first-order chi connectivity index (χ1) is 14.7. The molecule has 0 unspecified atom stereocenters. The fraction of sp³-hybridized carbons (Fsp3) is 0.273. The van der Waals surface area contributed by atoms with Gasteiger partial charge in [-0.25, -0.2) is 9.97 Å². The molecule has 1 aromatic heterocycles. The van der Waals surface area contributed by atoms with Crippen LogP contribution in [0.2, 0.25) is 0 Å². The average Bonchev–Trinajstić information content (AvgIpc) is 3.18. The van der Waals surface area contributed by atoms with E-state index in [0.717, 1.165) is 35.4 Å². The number of para-hydroxylation sites is 3. The standard InChI is InChI=1S/C22H23N5O2S/c1-2-23-21-15-8-3-4-9-16(15)25-22(26-21)30-14-19(28)24-17-10-5-6-11-18(17)27-13-7-12-20(27)29/h3-6,8-11H,2,7,12-14H2,1H3,(H,24,28)(H,23,25,26). The Hall–Kier alpha value is -3.13. The van der Waals surface area contributed by atoms with Crippen LogP contribution in [0.3, 0.4) is 0 Å². The molecule has 30 heavy (non-hydrogen) atoms. The summed E-state index contributed by atoms with van der Waals surface area (Å²) < 4.78 is 0. The summed E-state index contributed by atoms with van der Waals surface area (Å²) >= 11 is 1.29. The van der Waals surface area contributed by atoms with Crippen molar-refractivity contribution in [1.29, 1.82) is 0 Å². The number of aromatic nitrogens is 2. The van der Waals surface area contributed by atoms with Gasteiger partial charge in [-0.15, -0.1) is 0 Å². The monoisotopic (exact) mass is 421 g/mol. The minimum absolute atomic E-state index is 0.0894. The minimum atomic E-state index is -0.166. The normalized spacial score (nSPS) is 13.6. The summed E-state index contributed by atoms with van der Waals surface area (Å²) in [5.41, 5.74) is 2.23. The molecular weight excluding hydrogens is 398 g/mol. The van der Waals surface area contributed by atoms with Gasteiger partial charge in [0.1, 0.15) is 5.82 Å². The van der Waals surface area contributed by atoms with Gasteiger partial charge in [0, 0.05) is 24.9 Å². The molecular formula is C22H23N5O2S. The molecule has 3 aromatic rings. The Kier molecular flexibility index (Phi) is 6.13. The van der Waals surface area contributed by atoms with E-state index < -0.39 is 0 Å². The van der Waals surface area contributed by atoms with Crippen LogP contribution in [0.15, 0.2) is 53.7 Å². The van der Waals surface area contributed by atoms with Crippen LogP contribution >= 0.6 is 11.8 Å². The largest absolute Gasteiger partial charge is 0.370 e. The van der Waals surface area contributed by atoms with E-state index >= 15 is 0 Å². The first-order valence-corrected chi connectivity index (χ1v) is 11.0. The molecule has 1 fully saturated rings. The van der Waals surface area contributed by atoms with Crippen molar-refractivity contribution in [3.63, 3.8) is 0 Å². The molecule has 2 aromatic carbocycles. The summed E-state index contributed by atoms with van der Waals surface area (Å²) in [6.07, 6.45) is 1.38. The smallest absolute Gasteiger partial charge is 0.234 e. The molecule has 0 radical (unpaired) electrons. The number of nitrogens with zero attached hydrogens (tertiary/aromatic N) is 3. The van der Waals surface area contributed by atoms with E-state index in [-0.39, 0.29) is 17.6 Å². The molecule has 7 nitrogen and oxygen atoms in total. The summed E-state index contributed by atoms with van der Waals surface area (Å²) in [6.45, 7) is 3.44. The molecule has 1 saturated heterocycles. The molecule has 154 valence electrons. The zero-order valence-electron chi connectivity index (χ0n) is 16.7. The zero-order chi connectivity index (χ0) is 20.9. The van der Waals surface area contributed by atoms with Crippen molar-refractivity contribution in [2.45, 2.75) is 24.9 Å². The quantitative estimate of drug-likeness (QED) is 0.444. The van der Waals surface area contributed by atoms with Crippen molar-refractivity contribution in [2.75, 3.05) is 34.4 Å². The number of amides is 2. The third-order valence-electron chi connectivity index (χ3n) is 4.80. The summed E-state index contributed by atoms with van der Waals surface area (Å²) in [5, 5.41) is 7.69. The van der Waals surface area contributed by atoms with Crippen LogP contribution < -0.4 is 15.5 Å². The number of carbonyl (C=O) groups excluding carboxylic acids is 2. The van der Waals surface area contributed by atoms with Gasteiger partial charge in [-0.05, 0) is 37.6 Å². The number of fused-ring (bicyclic) bond motifs is 1. The van der Waals surface area contributed by atoms with Gasteiger partial charge in [-0.2, -0.15) is 0 Å². The van der Waals surface area contributed by atoms with Gasteiger partial charge in [0.25, 0.3) is 0 Å². The maximum Gasteiger partial charge on any atom is 0.234 e. The molecule has 0 bridgehead atoms. The number of thioether (sulfide) groups is 1. The van der Waals surface area contributed by atoms with E-state index in [0.29, 0.717) is 23.8 Å². The van der Waals surface area contributed by atoms with Gasteiger partial charge in [0.05, 0.1) is 22.6 Å². The van der Waals surface area contributed by atoms with Gasteiger partial charge in [0.2, 0.25) is 11.8 Å². The van der Waals surface area contributed by atoms with E-state index in [1.807, 2.05) is 55.5 Å². The number of nitrogens with one attached hydrogen (secondary N) is 2. The second-order valence-electron chi connectivity index (χ2n) is 6.91. The third-order valence-corrected chi connectivity index (χ3v) is 5.65. The lowest BCUT2D eigenvalue weighted by atomic mass is 10.2. The molecule has 2 amide bonds. The summed E-state index contributed by atoms with van der Waals surface area (Å²) in [4.78, 5) is 35.6. The highest BCUT2D eigenvalue weighted by molar-refractivity contribution is 7.99. The van der Waals surface area contributed by atoms with Crippen molar-refractivity contribution < 1.29 is 9.59 Å². The Morgan fingerprint density at radius 3 is 2.73 bits per heavy atom. The molecule has 4 rings (SSSR count). The van der Waals surface area contributed by atoms with Crippen molar-refractivity contribution in [2.24, 2.45) is 0 Å². The molecule has 0 spiro atoms. The van der Waals surface area contributed by atoms with Crippen molar-refractivity contribution >= 4 is 51.7 Å². The predicted octanol–water partition coefficient (Wildman–Crippen LogP) is 3.92. The van der Waals surface area contributed by atoms with E-state index in [1.54, 1.807) is 4.90 Å². The zero-order valence-corrected chi connectivity index (χ0v) is 17.5. The Morgan fingerprint density at radius 2 is 1.93 bits per heavy atom. The van der Waals surface area contributed by atoms with Crippen LogP contribution in [0.5, 0.6) is 0 Å². The maximum absolute atomic E-state index is 12.6. The second kappa shape index (κ2) is 9.13. The van der Waals surface area contributed by atoms with Gasteiger partial charge in [-0.1, -0.05) is 36.0 Å². The molecule has 0 atom stereocenters. The van der Waals surface area contributed by atoms with Gasteiger partial charge >= 0.3 is 0 Å². The fourth-order valence-electron chi connectivity index (χ4n) is 3.46. The van der Waals surface area contributed by atoms with Gasteiger partial charge < -0.3 is 15.5 Å². The Bertz CT molecular complexity index is 1090. The first-order valence-electron chi connectivity index (χ1n) is 9.98. The minimum Gasteiger partial charge on any atom is -0.370 e. The van der Waals surface area contributed by atoms with E-state index in [1.165, 1.54) is 11.8 Å². The SMILES string of the molecule is CCNc1nc(SCC(=O)Nc2ccccc2N2CCCC2=O)nc2ccccc12. The van der Waals surface area contributed by atoms with Crippen molar-refractivity contribution in [3.8, 4) is 0 Å². The van der Waals surface area contributed by atoms with Crippen molar-refractivity contribution in [3.05, 3.63) is 48.5 Å². The number of hydrogen-bond donors (Lipinski definition) is 2. The van der Waals surface area contributed by atoms with Crippen LogP contribution in [-0.2, 0) is 9.59 Å². The van der Waals surface area contributed by atoms with Crippen LogP contribution in [-0.4, -0.2) is 40.6 Å². The lowest BCUT2D eigenvalue weighted by molar-refractivity contribution is -0.117. The molecule has 1 aliphatic rings. The topological polar surface area (TPSA) is 87.2 Å². The van der Waals surface area contributed by atoms with Gasteiger partial charge in [-0.3, -0.25) is 9.59 Å². The highest BCUT2D eigenvalue weighted by Crippen LogP contribution is 2.30. The number of anilines is 3. The van der Waals surface area contributed by atoms with Crippen LogP contribution in [0.4, 0.5) is 17.2 Å². The summed E-state index contributed by atoms with van der Waals surface area (Å²) in [5.74, 6) is 0.864. The predicted molar refractivity (Wildman–Crippen MR) is 121 cm³/mol. The third kappa shape index (κ3) is 4.38. The lowest BCUT2D eigenvalue weighted by Crippen LogP contribution is -2.26. The second-order valence-corrected chi connectivity index (χ2v) is 7.85. The Labute approximate surface area is 179 Å². The highest BCUT2D eigenvalue weighted by atomic mass is 32.2. The molecule has 8 heteroatoms. The summed E-state index contributed by atoms with van der Waals surface area (Å²) in [7, 11) is 0. The van der Waals surface area contributed by atoms with Gasteiger partial charge in [0.15, 0.2) is 5.16 Å². The van der Waals surface area contributed by atoms with E-state index in [9.17, 15) is 9.59 Å². The average molecular weight is 422 g/mol. The van der Waals surface area contributed by atoms with E-state index in [4.69, 9.17) is 0 Å². The highest BCUT2D eigenvalue weighted by Gasteiger charge is 2.24. The Morgan fingerprint density at radius 1 is 1.13 bits per heavy atom. The number of hydrogen-bond acceptors (Lipinski definition) is 6. The maximum atomic E-state index is 12.6. The molecule has 2 N–H and O–H groups in total. The van der Waals surface area contributed by atoms with Crippen LogP contribution in [0, 0.1) is 0 Å². The Balaban J connectivity index is 1.47. The van der Waals surface area contributed by atoms with E-state index in [2.05, 4.69) is 20.6 Å². The fourth-order valence-corrected chi connectivity index (χ4v) is 4.11. The molecule has 0 aliphatic carbocycles.